The van der Waals surface area contributed by atoms with E-state index in [0.29, 0.717) is 43.2 Å². The van der Waals surface area contributed by atoms with Crippen molar-refractivity contribution in [2.45, 2.75) is 75.1 Å². The number of para-hydroxylation sites is 1. The third kappa shape index (κ3) is 7.48. The van der Waals surface area contributed by atoms with Crippen molar-refractivity contribution in [2.75, 3.05) is 33.4 Å². The molecule has 3 saturated heterocycles. The molecule has 282 valence electrons. The number of esters is 1. The van der Waals surface area contributed by atoms with Crippen LogP contribution in [0.2, 0.25) is 0 Å². The lowest BCUT2D eigenvalue weighted by molar-refractivity contribution is -0.163. The number of likely N-dealkylation sites (tertiary alicyclic amines) is 1. The lowest BCUT2D eigenvalue weighted by Crippen LogP contribution is -2.56. The van der Waals surface area contributed by atoms with Crippen LogP contribution in [0, 0.1) is 11.8 Å². The van der Waals surface area contributed by atoms with E-state index in [1.54, 1.807) is 33.9 Å². The normalized spacial score (nSPS) is 24.1. The Morgan fingerprint density at radius 1 is 1.13 bits per heavy atom. The Hall–Kier alpha value is -4.92. The molecule has 3 amide bonds. The molecule has 2 N–H and O–H groups in total. The van der Waals surface area contributed by atoms with Gasteiger partial charge in [0.15, 0.2) is 0 Å². The molecule has 2 bridgehead atoms. The zero-order chi connectivity index (χ0) is 37.5. The van der Waals surface area contributed by atoms with Crippen molar-refractivity contribution in [3.05, 3.63) is 85.5 Å². The number of amides is 3. The molecule has 1 aromatic heterocycles. The van der Waals surface area contributed by atoms with Gasteiger partial charge in [-0.05, 0) is 49.8 Å². The van der Waals surface area contributed by atoms with E-state index in [1.165, 1.54) is 12.0 Å². The topological polar surface area (TPSA) is 165 Å². The van der Waals surface area contributed by atoms with Crippen molar-refractivity contribution in [2.24, 2.45) is 11.8 Å². The number of hydrogen-bond acceptors (Lipinski definition) is 10. The van der Waals surface area contributed by atoms with E-state index in [4.69, 9.17) is 14.2 Å². The molecule has 14 heteroatoms. The summed E-state index contributed by atoms with van der Waals surface area (Å²) < 4.78 is 20.1. The molecule has 7 atom stereocenters. The Bertz CT molecular complexity index is 1800. The van der Waals surface area contributed by atoms with Crippen LogP contribution < -0.4 is 5.32 Å². The number of carbonyl (C=O) groups excluding carboxylic acids is 4. The van der Waals surface area contributed by atoms with Crippen LogP contribution in [0.15, 0.2) is 79.9 Å². The zero-order valence-electron chi connectivity index (χ0n) is 30.0. The highest BCUT2D eigenvalue weighted by Crippen LogP contribution is 2.59. The van der Waals surface area contributed by atoms with Crippen LogP contribution >= 0.6 is 0 Å². The maximum absolute atomic E-state index is 14.8. The molecule has 3 aliphatic rings. The fourth-order valence-corrected chi connectivity index (χ4v) is 8.19. The van der Waals surface area contributed by atoms with E-state index in [2.05, 4.69) is 28.8 Å². The number of unbranched alkanes of at least 4 members (excludes halogenated alkanes) is 1. The summed E-state index contributed by atoms with van der Waals surface area (Å²) in [5.74, 6) is -3.59. The standard InChI is InChI=1S/C39H48N6O8/c1-4-6-18-31(47)40-28(24-51-3)34(26-14-8-7-9-15-26)52-38(50)32-30-19-20-39(53-30)33(32)36(48)44(22-12-13-23-46)35(39)37(49)43(21-5-2)25-45-29-17-11-10-16-27(29)41-42-45/h4-5,7-11,14-17,28,30,32-35,46H,1-2,6,12-13,18-25H2,3H3,(H,40,47)/t28-,30+,32-,33-,34-,35+,39-/m1/s1. The summed E-state index contributed by atoms with van der Waals surface area (Å²) in [5.41, 5.74) is 0.780. The minimum absolute atomic E-state index is 0.0499. The molecule has 3 aromatic rings. The van der Waals surface area contributed by atoms with Crippen molar-refractivity contribution in [3.8, 4) is 0 Å². The molecule has 0 saturated carbocycles. The molecular weight excluding hydrogens is 680 g/mol. The highest BCUT2D eigenvalue weighted by Gasteiger charge is 2.75. The molecule has 3 fully saturated rings. The lowest BCUT2D eigenvalue weighted by atomic mass is 9.70. The van der Waals surface area contributed by atoms with Crippen LogP contribution in [0.25, 0.3) is 11.0 Å². The Kier molecular flexibility index (Phi) is 12.0. The van der Waals surface area contributed by atoms with Gasteiger partial charge < -0.3 is 34.4 Å². The summed E-state index contributed by atoms with van der Waals surface area (Å²) in [4.78, 5) is 59.9. The van der Waals surface area contributed by atoms with Crippen molar-refractivity contribution < 1.29 is 38.5 Å². The molecule has 14 nitrogen and oxygen atoms in total. The number of nitrogens with zero attached hydrogens (tertiary/aromatic N) is 5. The van der Waals surface area contributed by atoms with E-state index in [0.717, 1.165) is 5.52 Å². The van der Waals surface area contributed by atoms with E-state index in [-0.39, 0.29) is 57.1 Å². The van der Waals surface area contributed by atoms with E-state index < -0.39 is 47.7 Å². The van der Waals surface area contributed by atoms with Gasteiger partial charge in [-0.2, -0.15) is 0 Å². The molecule has 53 heavy (non-hydrogen) atoms. The molecule has 2 aromatic carbocycles. The second kappa shape index (κ2) is 16.8. The predicted molar refractivity (Wildman–Crippen MR) is 194 cm³/mol. The maximum atomic E-state index is 14.8. The number of fused-ring (bicyclic) bond motifs is 2. The van der Waals surface area contributed by atoms with Gasteiger partial charge in [-0.1, -0.05) is 59.8 Å². The van der Waals surface area contributed by atoms with Crippen LogP contribution in [0.1, 0.15) is 50.2 Å². The second-order valence-electron chi connectivity index (χ2n) is 13.8. The molecule has 0 radical (unpaired) electrons. The van der Waals surface area contributed by atoms with Crippen LogP contribution in [0.4, 0.5) is 0 Å². The van der Waals surface area contributed by atoms with E-state index in [1.807, 2.05) is 42.5 Å². The van der Waals surface area contributed by atoms with Gasteiger partial charge >= 0.3 is 5.97 Å². The smallest absolute Gasteiger partial charge is 0.313 e. The first-order valence-corrected chi connectivity index (χ1v) is 18.2. The molecule has 0 aliphatic carbocycles. The highest BCUT2D eigenvalue weighted by molar-refractivity contribution is 5.98. The quantitative estimate of drug-likeness (QED) is 0.107. The number of rotatable bonds is 19. The largest absolute Gasteiger partial charge is 0.455 e. The second-order valence-corrected chi connectivity index (χ2v) is 13.8. The monoisotopic (exact) mass is 728 g/mol. The number of carbonyl (C=O) groups is 4. The van der Waals surface area contributed by atoms with Gasteiger partial charge in [0.1, 0.15) is 29.9 Å². The van der Waals surface area contributed by atoms with Gasteiger partial charge in [-0.25, -0.2) is 4.68 Å². The Morgan fingerprint density at radius 3 is 2.64 bits per heavy atom. The summed E-state index contributed by atoms with van der Waals surface area (Å²) in [7, 11) is 1.50. The Morgan fingerprint density at radius 2 is 1.91 bits per heavy atom. The van der Waals surface area contributed by atoms with Crippen molar-refractivity contribution in [1.82, 2.24) is 30.1 Å². The molecule has 0 unspecified atom stereocenters. The zero-order valence-corrected chi connectivity index (χ0v) is 30.0. The van der Waals surface area contributed by atoms with Crippen LogP contribution in [0.5, 0.6) is 0 Å². The van der Waals surface area contributed by atoms with Gasteiger partial charge in [-0.15, -0.1) is 18.3 Å². The number of ether oxygens (including phenoxy) is 3. The van der Waals surface area contributed by atoms with E-state index >= 15 is 0 Å². The summed E-state index contributed by atoms with van der Waals surface area (Å²) in [5, 5.41) is 21.0. The summed E-state index contributed by atoms with van der Waals surface area (Å²) >= 11 is 0. The molecular formula is C39H48N6O8. The fourth-order valence-electron chi connectivity index (χ4n) is 8.19. The van der Waals surface area contributed by atoms with Gasteiger partial charge in [0.25, 0.3) is 0 Å². The summed E-state index contributed by atoms with van der Waals surface area (Å²) in [6.07, 6.45) is 4.07. The first-order chi connectivity index (χ1) is 25.8. The molecule has 4 heterocycles. The lowest BCUT2D eigenvalue weighted by Gasteiger charge is -2.36. The average molecular weight is 729 g/mol. The predicted octanol–water partition coefficient (Wildman–Crippen LogP) is 2.93. The first kappa shape index (κ1) is 37.8. The van der Waals surface area contributed by atoms with Crippen LogP contribution in [-0.4, -0.2) is 111 Å². The van der Waals surface area contributed by atoms with E-state index in [9.17, 15) is 24.3 Å². The van der Waals surface area contributed by atoms with Crippen molar-refractivity contribution in [3.63, 3.8) is 0 Å². The first-order valence-electron chi connectivity index (χ1n) is 18.2. The summed E-state index contributed by atoms with van der Waals surface area (Å²) in [6.45, 7) is 7.95. The maximum Gasteiger partial charge on any atom is 0.313 e. The van der Waals surface area contributed by atoms with Gasteiger partial charge in [0.05, 0.1) is 36.1 Å². The molecule has 6 rings (SSSR count). The van der Waals surface area contributed by atoms with Crippen LogP contribution in [0.3, 0.4) is 0 Å². The summed E-state index contributed by atoms with van der Waals surface area (Å²) in [6, 6.07) is 14.7. The number of methoxy groups -OCH3 is 1. The number of allylic oxidation sites excluding steroid dienone is 1. The fraction of sp³-hybridized carbons (Fsp3) is 0.487. The SMILES string of the molecule is C=CCCC(=O)N[C@H](COC)[C@H](OC(=O)[C@@H]1[C@@H]2CC[C@]3(O2)[C@H](C(=O)N(CC=C)Cn2nnc4ccccc42)N(CCCCO)C(=O)[C@@H]13)c1ccccc1. The number of aromatic nitrogens is 3. The number of aliphatic hydroxyl groups is 1. The third-order valence-electron chi connectivity index (χ3n) is 10.5. The molecule has 1 spiro atoms. The van der Waals surface area contributed by atoms with Gasteiger partial charge in [0.2, 0.25) is 17.7 Å². The van der Waals surface area contributed by atoms with Crippen molar-refractivity contribution in [1.29, 1.82) is 0 Å². The average Bonchev–Trinajstić information content (AvgIpc) is 3.92. The number of hydrogen-bond donors (Lipinski definition) is 2. The van der Waals surface area contributed by atoms with Gasteiger partial charge in [0, 0.05) is 33.2 Å². The number of aliphatic hydroxyl groups excluding tert-OH is 1. The minimum atomic E-state index is -1.28. The highest BCUT2D eigenvalue weighted by atomic mass is 16.6. The van der Waals surface area contributed by atoms with Crippen molar-refractivity contribution >= 4 is 34.7 Å². The van der Waals surface area contributed by atoms with Crippen LogP contribution in [-0.2, 0) is 40.1 Å². The Balaban J connectivity index is 1.31. The third-order valence-corrected chi connectivity index (χ3v) is 10.5. The van der Waals surface area contributed by atoms with Gasteiger partial charge in [-0.3, -0.25) is 19.2 Å². The molecule has 3 aliphatic heterocycles. The Labute approximate surface area is 308 Å². The number of nitrogens with one attached hydrogen (secondary N) is 1. The number of benzene rings is 2. The minimum Gasteiger partial charge on any atom is -0.455 e.